The number of furan rings is 1. The Morgan fingerprint density at radius 2 is 1.75 bits per heavy atom. The van der Waals surface area contributed by atoms with E-state index in [4.69, 9.17) is 13.9 Å². The summed E-state index contributed by atoms with van der Waals surface area (Å²) in [7, 11) is 0. The van der Waals surface area contributed by atoms with Crippen molar-refractivity contribution >= 4 is 17.4 Å². The molecule has 1 amide bonds. The second kappa shape index (κ2) is 7.92. The van der Waals surface area contributed by atoms with Gasteiger partial charge in [0, 0.05) is 12.1 Å². The highest BCUT2D eigenvalue weighted by molar-refractivity contribution is 6.46. The third-order valence-corrected chi connectivity index (χ3v) is 5.58. The molecular formula is C25H21NO6. The number of rotatable bonds is 4. The standard InChI is InChI=1S/C25H21NO6/c1-15-7-9-19(32-15)22-21(23(27)17-8-10-18-20(13-17)31-12-11-30-18)24(28)25(29)26(22)14-16-5-3-2-4-6-16/h2-10,13,22,27H,11-12,14H2,1H3/b23-21-. The van der Waals surface area contributed by atoms with Crippen molar-refractivity contribution in [2.24, 2.45) is 0 Å². The number of aryl methyl sites for hydroxylation is 1. The summed E-state index contributed by atoms with van der Waals surface area (Å²) in [6.07, 6.45) is 0. The van der Waals surface area contributed by atoms with Gasteiger partial charge in [-0.3, -0.25) is 9.59 Å². The van der Waals surface area contributed by atoms with Gasteiger partial charge in [0.2, 0.25) is 0 Å². The average Bonchev–Trinajstić information content (AvgIpc) is 3.35. The second-order valence-corrected chi connectivity index (χ2v) is 7.72. The van der Waals surface area contributed by atoms with Crippen LogP contribution in [0.1, 0.15) is 28.7 Å². The summed E-state index contributed by atoms with van der Waals surface area (Å²) in [6, 6.07) is 16.9. The molecule has 1 N–H and O–H groups in total. The van der Waals surface area contributed by atoms with Gasteiger partial charge in [-0.2, -0.15) is 0 Å². The summed E-state index contributed by atoms with van der Waals surface area (Å²) >= 11 is 0. The summed E-state index contributed by atoms with van der Waals surface area (Å²) in [5, 5.41) is 11.2. The topological polar surface area (TPSA) is 89.2 Å². The van der Waals surface area contributed by atoms with Gasteiger partial charge < -0.3 is 23.9 Å². The maximum atomic E-state index is 13.1. The Kier molecular flexibility index (Phi) is 4.93. The van der Waals surface area contributed by atoms with Crippen molar-refractivity contribution < 1.29 is 28.6 Å². The predicted molar refractivity (Wildman–Crippen MR) is 115 cm³/mol. The Morgan fingerprint density at radius 3 is 2.47 bits per heavy atom. The van der Waals surface area contributed by atoms with Gasteiger partial charge in [-0.25, -0.2) is 0 Å². The Bertz CT molecular complexity index is 1230. The molecule has 2 aromatic carbocycles. The Labute approximate surface area is 184 Å². The van der Waals surface area contributed by atoms with Gasteiger partial charge in [0.25, 0.3) is 11.7 Å². The number of hydrogen-bond donors (Lipinski definition) is 1. The zero-order valence-electron chi connectivity index (χ0n) is 17.4. The monoisotopic (exact) mass is 431 g/mol. The highest BCUT2D eigenvalue weighted by Gasteiger charge is 2.47. The van der Waals surface area contributed by atoms with E-state index in [0.29, 0.717) is 41.8 Å². The van der Waals surface area contributed by atoms with Crippen molar-refractivity contribution in [3.8, 4) is 11.5 Å². The van der Waals surface area contributed by atoms with Crippen LogP contribution in [0.2, 0.25) is 0 Å². The normalized spacial score (nSPS) is 19.4. The number of aliphatic hydroxyl groups is 1. The third-order valence-electron chi connectivity index (χ3n) is 5.58. The van der Waals surface area contributed by atoms with Crippen molar-refractivity contribution in [2.45, 2.75) is 19.5 Å². The fourth-order valence-electron chi connectivity index (χ4n) is 4.07. The molecule has 0 bridgehead atoms. The van der Waals surface area contributed by atoms with E-state index in [0.717, 1.165) is 5.56 Å². The van der Waals surface area contributed by atoms with E-state index in [1.54, 1.807) is 37.3 Å². The quantitative estimate of drug-likeness (QED) is 0.382. The zero-order chi connectivity index (χ0) is 22.2. The number of fused-ring (bicyclic) bond motifs is 1. The van der Waals surface area contributed by atoms with Gasteiger partial charge in [-0.1, -0.05) is 30.3 Å². The summed E-state index contributed by atoms with van der Waals surface area (Å²) in [5.74, 6) is 0.371. The molecule has 2 aliphatic heterocycles. The predicted octanol–water partition coefficient (Wildman–Crippen LogP) is 3.98. The fourth-order valence-corrected chi connectivity index (χ4v) is 4.07. The van der Waals surface area contributed by atoms with Crippen LogP contribution in [0.25, 0.3) is 5.76 Å². The summed E-state index contributed by atoms with van der Waals surface area (Å²) < 4.78 is 16.9. The van der Waals surface area contributed by atoms with E-state index in [9.17, 15) is 14.7 Å². The fraction of sp³-hybridized carbons (Fsp3) is 0.200. The summed E-state index contributed by atoms with van der Waals surface area (Å²) in [6.45, 7) is 2.83. The first-order valence-electron chi connectivity index (χ1n) is 10.3. The van der Waals surface area contributed by atoms with Crippen LogP contribution in [0.4, 0.5) is 0 Å². The molecule has 3 heterocycles. The zero-order valence-corrected chi connectivity index (χ0v) is 17.4. The number of amides is 1. The molecule has 3 aromatic rings. The number of nitrogens with zero attached hydrogens (tertiary/aromatic N) is 1. The maximum Gasteiger partial charge on any atom is 0.296 e. The minimum absolute atomic E-state index is 0.0167. The van der Waals surface area contributed by atoms with Crippen LogP contribution in [0.5, 0.6) is 11.5 Å². The minimum atomic E-state index is -0.850. The molecule has 162 valence electrons. The Morgan fingerprint density at radius 1 is 1.00 bits per heavy atom. The molecule has 0 radical (unpaired) electrons. The molecule has 1 atom stereocenters. The number of carbonyl (C=O) groups is 2. The molecule has 5 rings (SSSR count). The number of benzene rings is 2. The van der Waals surface area contributed by atoms with E-state index < -0.39 is 17.7 Å². The number of ketones is 1. The summed E-state index contributed by atoms with van der Waals surface area (Å²) in [4.78, 5) is 27.5. The molecule has 32 heavy (non-hydrogen) atoms. The van der Waals surface area contributed by atoms with Crippen LogP contribution in [-0.2, 0) is 16.1 Å². The van der Waals surface area contributed by atoms with Gasteiger partial charge in [0.05, 0.1) is 5.57 Å². The van der Waals surface area contributed by atoms with E-state index in [1.165, 1.54) is 4.90 Å². The van der Waals surface area contributed by atoms with Gasteiger partial charge in [0.15, 0.2) is 11.5 Å². The third kappa shape index (κ3) is 3.41. The molecule has 7 nitrogen and oxygen atoms in total. The molecule has 2 aliphatic rings. The molecule has 0 aliphatic carbocycles. The molecule has 7 heteroatoms. The Balaban J connectivity index is 1.62. The largest absolute Gasteiger partial charge is 0.507 e. The minimum Gasteiger partial charge on any atom is -0.507 e. The number of aliphatic hydroxyl groups excluding tert-OH is 1. The first-order chi connectivity index (χ1) is 15.5. The first-order valence-corrected chi connectivity index (χ1v) is 10.3. The molecule has 0 saturated carbocycles. The van der Waals surface area contributed by atoms with Crippen LogP contribution in [0.15, 0.2) is 70.7 Å². The van der Waals surface area contributed by atoms with Crippen LogP contribution >= 0.6 is 0 Å². The lowest BCUT2D eigenvalue weighted by Gasteiger charge is -2.23. The highest BCUT2D eigenvalue weighted by Crippen LogP contribution is 2.42. The van der Waals surface area contributed by atoms with Crippen molar-refractivity contribution in [2.75, 3.05) is 13.2 Å². The summed E-state index contributed by atoms with van der Waals surface area (Å²) in [5.41, 5.74) is 1.21. The lowest BCUT2D eigenvalue weighted by atomic mass is 9.99. The van der Waals surface area contributed by atoms with Gasteiger partial charge in [-0.15, -0.1) is 0 Å². The van der Waals surface area contributed by atoms with Gasteiger partial charge in [0.1, 0.15) is 36.5 Å². The van der Waals surface area contributed by atoms with Crippen molar-refractivity contribution in [1.29, 1.82) is 0 Å². The molecular weight excluding hydrogens is 410 g/mol. The molecule has 1 saturated heterocycles. The van der Waals surface area contributed by atoms with Crippen molar-refractivity contribution in [1.82, 2.24) is 4.90 Å². The lowest BCUT2D eigenvalue weighted by molar-refractivity contribution is -0.140. The van der Waals surface area contributed by atoms with E-state index >= 15 is 0 Å². The lowest BCUT2D eigenvalue weighted by Crippen LogP contribution is -2.29. The number of hydrogen-bond acceptors (Lipinski definition) is 6. The maximum absolute atomic E-state index is 13.1. The number of carbonyl (C=O) groups excluding carboxylic acids is 2. The van der Waals surface area contributed by atoms with Crippen LogP contribution in [0, 0.1) is 6.92 Å². The second-order valence-electron chi connectivity index (χ2n) is 7.72. The molecule has 1 aromatic heterocycles. The van der Waals surface area contributed by atoms with Crippen LogP contribution in [0.3, 0.4) is 0 Å². The van der Waals surface area contributed by atoms with Gasteiger partial charge in [-0.05, 0) is 42.8 Å². The Hall–Kier alpha value is -4.00. The van der Waals surface area contributed by atoms with Crippen molar-refractivity contribution in [3.05, 3.63) is 88.9 Å². The molecule has 1 fully saturated rings. The van der Waals surface area contributed by atoms with E-state index in [1.807, 2.05) is 30.3 Å². The van der Waals surface area contributed by atoms with Crippen molar-refractivity contribution in [3.63, 3.8) is 0 Å². The smallest absolute Gasteiger partial charge is 0.296 e. The SMILES string of the molecule is Cc1ccc(C2/C(=C(/O)c3ccc4c(c3)OCCO4)C(=O)C(=O)N2Cc2ccccc2)o1. The first kappa shape index (κ1) is 19.9. The number of ether oxygens (including phenoxy) is 2. The van der Waals surface area contributed by atoms with Crippen LogP contribution < -0.4 is 9.47 Å². The number of likely N-dealkylation sites (tertiary alicyclic amines) is 1. The van der Waals surface area contributed by atoms with Crippen LogP contribution in [-0.4, -0.2) is 34.9 Å². The highest BCUT2D eigenvalue weighted by atomic mass is 16.6. The van der Waals surface area contributed by atoms with Gasteiger partial charge >= 0.3 is 0 Å². The van der Waals surface area contributed by atoms with E-state index in [2.05, 4.69) is 0 Å². The average molecular weight is 431 g/mol. The number of Topliss-reactive ketones (excluding diaryl/α,β-unsaturated/α-hetero) is 1. The van der Waals surface area contributed by atoms with E-state index in [-0.39, 0.29) is 17.9 Å². The molecule has 1 unspecified atom stereocenters. The molecule has 0 spiro atoms.